The predicted molar refractivity (Wildman–Crippen MR) is 54.2 cm³/mol. The zero-order valence-electron chi connectivity index (χ0n) is 7.81. The summed E-state index contributed by atoms with van der Waals surface area (Å²) >= 11 is 0. The minimum absolute atomic E-state index is 0.192. The highest BCUT2D eigenvalue weighted by atomic mass is 32.2. The Morgan fingerprint density at radius 3 is 2.21 bits per heavy atom. The number of rotatable bonds is 3. The Balaban J connectivity index is 2.16. The van der Waals surface area contributed by atoms with Crippen LogP contribution in [0.15, 0.2) is 29.2 Å². The number of hydrogen-bond donors (Lipinski definition) is 1. The third kappa shape index (κ3) is 2.33. The molecule has 0 aromatic heterocycles. The van der Waals surface area contributed by atoms with E-state index in [-0.39, 0.29) is 4.90 Å². The molecule has 3 nitrogen and oxygen atoms in total. The lowest BCUT2D eigenvalue weighted by Crippen LogP contribution is -2.11. The maximum atomic E-state index is 11.0. The van der Waals surface area contributed by atoms with E-state index in [2.05, 4.69) is 0 Å². The number of hydrogen-bond acceptors (Lipinski definition) is 2. The summed E-state index contributed by atoms with van der Waals surface area (Å²) in [5, 5.41) is 4.99. The van der Waals surface area contributed by atoms with Gasteiger partial charge in [0.1, 0.15) is 0 Å². The second kappa shape index (κ2) is 3.37. The van der Waals surface area contributed by atoms with Crippen LogP contribution in [0.25, 0.3) is 0 Å². The van der Waals surface area contributed by atoms with Crippen molar-refractivity contribution in [3.8, 4) is 0 Å². The fourth-order valence-corrected chi connectivity index (χ4v) is 1.99. The standard InChI is InChI=1S/C10H13NO2S/c11-14(12,13)10-5-3-9(4-6-10)7-8-1-2-8/h3-6,8H,1-2,7H2,(H2,11,12,13). The van der Waals surface area contributed by atoms with Crippen molar-refractivity contribution in [1.29, 1.82) is 0 Å². The van der Waals surface area contributed by atoms with Gasteiger partial charge in [-0.2, -0.15) is 0 Å². The first kappa shape index (κ1) is 9.68. The van der Waals surface area contributed by atoms with Gasteiger partial charge in [-0.25, -0.2) is 13.6 Å². The molecule has 0 amide bonds. The normalized spacial score (nSPS) is 16.9. The van der Waals surface area contributed by atoms with E-state index in [9.17, 15) is 8.42 Å². The molecule has 0 saturated heterocycles. The highest BCUT2D eigenvalue weighted by Gasteiger charge is 2.21. The number of nitrogens with two attached hydrogens (primary N) is 1. The van der Waals surface area contributed by atoms with Gasteiger partial charge < -0.3 is 0 Å². The van der Waals surface area contributed by atoms with Gasteiger partial charge in [0.05, 0.1) is 4.90 Å². The molecule has 4 heteroatoms. The van der Waals surface area contributed by atoms with Crippen LogP contribution in [0.4, 0.5) is 0 Å². The van der Waals surface area contributed by atoms with Crippen molar-refractivity contribution < 1.29 is 8.42 Å². The Morgan fingerprint density at radius 2 is 1.79 bits per heavy atom. The lowest BCUT2D eigenvalue weighted by atomic mass is 10.1. The van der Waals surface area contributed by atoms with Gasteiger partial charge in [0.25, 0.3) is 0 Å². The minimum atomic E-state index is -3.53. The molecule has 0 bridgehead atoms. The second-order valence-corrected chi connectivity index (χ2v) is 5.40. The van der Waals surface area contributed by atoms with Crippen molar-refractivity contribution >= 4 is 10.0 Å². The minimum Gasteiger partial charge on any atom is -0.225 e. The number of benzene rings is 1. The van der Waals surface area contributed by atoms with Crippen molar-refractivity contribution in [3.05, 3.63) is 29.8 Å². The Labute approximate surface area is 84.0 Å². The summed E-state index contributed by atoms with van der Waals surface area (Å²) in [6, 6.07) is 6.84. The molecule has 1 aromatic carbocycles. The third-order valence-electron chi connectivity index (χ3n) is 2.47. The lowest BCUT2D eigenvalue weighted by Gasteiger charge is -2.01. The third-order valence-corrected chi connectivity index (χ3v) is 3.40. The summed E-state index contributed by atoms with van der Waals surface area (Å²) in [5.41, 5.74) is 1.19. The first-order valence-corrected chi connectivity index (χ1v) is 6.22. The van der Waals surface area contributed by atoms with E-state index in [1.54, 1.807) is 12.1 Å². The summed E-state index contributed by atoms with van der Waals surface area (Å²) in [7, 11) is -3.53. The molecule has 1 aliphatic rings. The zero-order chi connectivity index (χ0) is 10.2. The molecule has 2 rings (SSSR count). The maximum absolute atomic E-state index is 11.0. The van der Waals surface area contributed by atoms with Crippen molar-refractivity contribution in [2.24, 2.45) is 11.1 Å². The van der Waals surface area contributed by atoms with Crippen LogP contribution in [0, 0.1) is 5.92 Å². The number of primary sulfonamides is 1. The molecule has 1 saturated carbocycles. The van der Waals surface area contributed by atoms with Crippen molar-refractivity contribution in [3.63, 3.8) is 0 Å². The molecule has 0 unspecified atom stereocenters. The summed E-state index contributed by atoms with van der Waals surface area (Å²) in [6.07, 6.45) is 3.67. The van der Waals surface area contributed by atoms with Gasteiger partial charge in [-0.3, -0.25) is 0 Å². The van der Waals surface area contributed by atoms with Crippen LogP contribution in [0.1, 0.15) is 18.4 Å². The van der Waals surface area contributed by atoms with Gasteiger partial charge in [0.15, 0.2) is 0 Å². The van der Waals surface area contributed by atoms with Gasteiger partial charge in [-0.1, -0.05) is 12.1 Å². The fraction of sp³-hybridized carbons (Fsp3) is 0.400. The van der Waals surface area contributed by atoms with Crippen LogP contribution >= 0.6 is 0 Å². The monoisotopic (exact) mass is 211 g/mol. The predicted octanol–water partition coefficient (Wildman–Crippen LogP) is 1.29. The molecular formula is C10H13NO2S. The van der Waals surface area contributed by atoms with Gasteiger partial charge in [-0.05, 0) is 42.9 Å². The van der Waals surface area contributed by atoms with E-state index in [0.717, 1.165) is 12.3 Å². The summed E-state index contributed by atoms with van der Waals surface area (Å²) in [5.74, 6) is 0.815. The van der Waals surface area contributed by atoms with Crippen molar-refractivity contribution in [1.82, 2.24) is 0 Å². The van der Waals surface area contributed by atoms with E-state index in [1.165, 1.54) is 18.4 Å². The van der Waals surface area contributed by atoms with Crippen LogP contribution < -0.4 is 5.14 Å². The van der Waals surface area contributed by atoms with Gasteiger partial charge >= 0.3 is 0 Å². The van der Waals surface area contributed by atoms with E-state index >= 15 is 0 Å². The molecule has 1 aliphatic carbocycles. The summed E-state index contributed by atoms with van der Waals surface area (Å²) in [6.45, 7) is 0. The quantitative estimate of drug-likeness (QED) is 0.818. The largest absolute Gasteiger partial charge is 0.238 e. The van der Waals surface area contributed by atoms with Gasteiger partial charge in [0, 0.05) is 0 Å². The van der Waals surface area contributed by atoms with E-state index in [4.69, 9.17) is 5.14 Å². The van der Waals surface area contributed by atoms with Crippen LogP contribution in [0.3, 0.4) is 0 Å². The molecule has 1 aromatic rings. The summed E-state index contributed by atoms with van der Waals surface area (Å²) in [4.78, 5) is 0.192. The van der Waals surface area contributed by atoms with E-state index in [1.807, 2.05) is 12.1 Å². The average Bonchev–Trinajstić information content (AvgIpc) is 2.88. The van der Waals surface area contributed by atoms with E-state index < -0.39 is 10.0 Å². The maximum Gasteiger partial charge on any atom is 0.238 e. The van der Waals surface area contributed by atoms with Crippen molar-refractivity contribution in [2.75, 3.05) is 0 Å². The Hall–Kier alpha value is -0.870. The molecule has 0 atom stereocenters. The second-order valence-electron chi connectivity index (χ2n) is 3.84. The molecule has 0 heterocycles. The topological polar surface area (TPSA) is 60.2 Å². The summed E-state index contributed by atoms with van der Waals surface area (Å²) < 4.78 is 21.9. The van der Waals surface area contributed by atoms with Crippen LogP contribution in [-0.4, -0.2) is 8.42 Å². The SMILES string of the molecule is NS(=O)(=O)c1ccc(CC2CC2)cc1. The van der Waals surface area contributed by atoms with E-state index in [0.29, 0.717) is 0 Å². The highest BCUT2D eigenvalue weighted by Crippen LogP contribution is 2.32. The van der Waals surface area contributed by atoms with Crippen LogP contribution in [0.2, 0.25) is 0 Å². The number of sulfonamides is 1. The first-order chi connectivity index (χ1) is 6.55. The first-order valence-electron chi connectivity index (χ1n) is 4.67. The van der Waals surface area contributed by atoms with Crippen LogP contribution in [0.5, 0.6) is 0 Å². The smallest absolute Gasteiger partial charge is 0.225 e. The molecule has 2 N–H and O–H groups in total. The average molecular weight is 211 g/mol. The van der Waals surface area contributed by atoms with Crippen molar-refractivity contribution in [2.45, 2.75) is 24.2 Å². The molecular weight excluding hydrogens is 198 g/mol. The van der Waals surface area contributed by atoms with Gasteiger partial charge in [0.2, 0.25) is 10.0 Å². The van der Waals surface area contributed by atoms with Gasteiger partial charge in [-0.15, -0.1) is 0 Å². The highest BCUT2D eigenvalue weighted by molar-refractivity contribution is 7.89. The van der Waals surface area contributed by atoms with Crippen LogP contribution in [-0.2, 0) is 16.4 Å². The zero-order valence-corrected chi connectivity index (χ0v) is 8.63. The Morgan fingerprint density at radius 1 is 1.21 bits per heavy atom. The molecule has 0 aliphatic heterocycles. The molecule has 0 spiro atoms. The lowest BCUT2D eigenvalue weighted by molar-refractivity contribution is 0.597. The molecule has 76 valence electrons. The Kier molecular flexibility index (Phi) is 2.33. The molecule has 14 heavy (non-hydrogen) atoms. The fourth-order valence-electron chi connectivity index (χ4n) is 1.47. The molecule has 1 fully saturated rings. The Bertz CT molecular complexity index is 418. The molecule has 0 radical (unpaired) electrons.